The van der Waals surface area contributed by atoms with Crippen molar-refractivity contribution in [1.29, 1.82) is 0 Å². The standard InChI is InChI=1S/C13H16ClNO4/c1-8(2)13(3,12(16)17)7-9-6-10(14)4-5-11(9)15(18)19/h4-6,8H,7H2,1-3H3,(H,16,17). The minimum absolute atomic E-state index is 0.0663. The fraction of sp³-hybridized carbons (Fsp3) is 0.462. The Morgan fingerprint density at radius 1 is 1.53 bits per heavy atom. The molecule has 0 spiro atoms. The van der Waals surface area contributed by atoms with E-state index in [2.05, 4.69) is 0 Å². The molecule has 0 bridgehead atoms. The van der Waals surface area contributed by atoms with Crippen molar-refractivity contribution in [2.75, 3.05) is 0 Å². The molecule has 1 N–H and O–H groups in total. The van der Waals surface area contributed by atoms with Crippen molar-refractivity contribution in [3.63, 3.8) is 0 Å². The van der Waals surface area contributed by atoms with Gasteiger partial charge in [-0.1, -0.05) is 25.4 Å². The summed E-state index contributed by atoms with van der Waals surface area (Å²) in [5.41, 5.74) is -0.830. The SMILES string of the molecule is CC(C)C(C)(Cc1cc(Cl)ccc1[N+](=O)[O-])C(=O)O. The van der Waals surface area contributed by atoms with Gasteiger partial charge in [-0.15, -0.1) is 0 Å². The van der Waals surface area contributed by atoms with Gasteiger partial charge in [-0.2, -0.15) is 0 Å². The molecule has 0 amide bonds. The quantitative estimate of drug-likeness (QED) is 0.663. The Kier molecular flexibility index (Phi) is 4.52. The molecule has 1 aromatic rings. The van der Waals surface area contributed by atoms with Gasteiger partial charge in [0, 0.05) is 16.7 Å². The van der Waals surface area contributed by atoms with Crippen LogP contribution in [-0.4, -0.2) is 16.0 Å². The average molecular weight is 286 g/mol. The highest BCUT2D eigenvalue weighted by molar-refractivity contribution is 6.30. The van der Waals surface area contributed by atoms with Crippen molar-refractivity contribution < 1.29 is 14.8 Å². The molecule has 0 radical (unpaired) electrons. The normalized spacial score (nSPS) is 14.2. The van der Waals surface area contributed by atoms with Gasteiger partial charge in [0.1, 0.15) is 0 Å². The van der Waals surface area contributed by atoms with E-state index < -0.39 is 16.3 Å². The van der Waals surface area contributed by atoms with Crippen molar-refractivity contribution in [2.24, 2.45) is 11.3 Å². The van der Waals surface area contributed by atoms with Crippen LogP contribution in [0.4, 0.5) is 5.69 Å². The van der Waals surface area contributed by atoms with Gasteiger partial charge in [-0.25, -0.2) is 0 Å². The molecule has 0 aromatic heterocycles. The molecule has 0 saturated carbocycles. The number of rotatable bonds is 5. The van der Waals surface area contributed by atoms with Gasteiger partial charge in [-0.3, -0.25) is 14.9 Å². The molecule has 104 valence electrons. The summed E-state index contributed by atoms with van der Waals surface area (Å²) >= 11 is 5.84. The van der Waals surface area contributed by atoms with Crippen LogP contribution in [0.25, 0.3) is 0 Å². The van der Waals surface area contributed by atoms with Crippen molar-refractivity contribution in [2.45, 2.75) is 27.2 Å². The molecule has 0 fully saturated rings. The maximum Gasteiger partial charge on any atom is 0.309 e. The summed E-state index contributed by atoms with van der Waals surface area (Å²) in [4.78, 5) is 21.9. The van der Waals surface area contributed by atoms with Crippen LogP contribution < -0.4 is 0 Å². The lowest BCUT2D eigenvalue weighted by Gasteiger charge is -2.29. The second-order valence-electron chi connectivity index (χ2n) is 5.08. The van der Waals surface area contributed by atoms with Crippen LogP contribution in [0, 0.1) is 21.4 Å². The van der Waals surface area contributed by atoms with Crippen molar-refractivity contribution in [1.82, 2.24) is 0 Å². The van der Waals surface area contributed by atoms with Crippen molar-refractivity contribution >= 4 is 23.3 Å². The van der Waals surface area contributed by atoms with E-state index in [1.54, 1.807) is 20.8 Å². The van der Waals surface area contributed by atoms with Gasteiger partial charge < -0.3 is 5.11 Å². The van der Waals surface area contributed by atoms with Crippen LogP contribution >= 0.6 is 11.6 Å². The van der Waals surface area contributed by atoms with E-state index in [1.165, 1.54) is 18.2 Å². The molecule has 1 aromatic carbocycles. The number of nitro groups is 1. The molecule has 1 atom stereocenters. The predicted molar refractivity (Wildman–Crippen MR) is 72.4 cm³/mol. The molecule has 1 rings (SSSR count). The third kappa shape index (κ3) is 3.23. The van der Waals surface area contributed by atoms with E-state index in [9.17, 15) is 20.0 Å². The van der Waals surface area contributed by atoms with E-state index in [1.807, 2.05) is 0 Å². The minimum atomic E-state index is -1.07. The fourth-order valence-electron chi connectivity index (χ4n) is 1.80. The number of halogens is 1. The van der Waals surface area contributed by atoms with E-state index in [0.29, 0.717) is 10.6 Å². The number of carbonyl (C=O) groups is 1. The summed E-state index contributed by atoms with van der Waals surface area (Å²) in [5, 5.41) is 20.7. The minimum Gasteiger partial charge on any atom is -0.481 e. The summed E-state index contributed by atoms with van der Waals surface area (Å²) in [5.74, 6) is -1.14. The van der Waals surface area contributed by atoms with Gasteiger partial charge in [0.25, 0.3) is 5.69 Å². The van der Waals surface area contributed by atoms with Gasteiger partial charge >= 0.3 is 5.97 Å². The molecule has 0 aliphatic heterocycles. The molecular weight excluding hydrogens is 270 g/mol. The summed E-state index contributed by atoms with van der Waals surface area (Å²) < 4.78 is 0. The van der Waals surface area contributed by atoms with Crippen LogP contribution in [0.3, 0.4) is 0 Å². The Balaban J connectivity index is 3.27. The number of nitro benzene ring substituents is 1. The lowest BCUT2D eigenvalue weighted by atomic mass is 9.74. The van der Waals surface area contributed by atoms with Crippen LogP contribution in [0.1, 0.15) is 26.3 Å². The number of carboxylic acid groups (broad SMARTS) is 1. The zero-order valence-corrected chi connectivity index (χ0v) is 11.8. The van der Waals surface area contributed by atoms with Crippen molar-refractivity contribution in [3.05, 3.63) is 38.9 Å². The molecule has 1 unspecified atom stereocenters. The van der Waals surface area contributed by atoms with Crippen LogP contribution in [0.2, 0.25) is 5.02 Å². The molecule has 0 aliphatic carbocycles. The maximum absolute atomic E-state index is 11.4. The summed E-state index contributed by atoms with van der Waals surface area (Å²) in [6, 6.07) is 4.19. The Morgan fingerprint density at radius 2 is 2.11 bits per heavy atom. The number of benzene rings is 1. The number of aliphatic carboxylic acids is 1. The molecule has 6 heteroatoms. The Hall–Kier alpha value is -1.62. The number of hydrogen-bond acceptors (Lipinski definition) is 3. The fourth-order valence-corrected chi connectivity index (χ4v) is 1.99. The van der Waals surface area contributed by atoms with Crippen LogP contribution in [0.5, 0.6) is 0 Å². The number of carboxylic acids is 1. The third-order valence-electron chi connectivity index (χ3n) is 3.56. The summed E-state index contributed by atoms with van der Waals surface area (Å²) in [6.07, 6.45) is 0.0663. The maximum atomic E-state index is 11.4. The first-order valence-electron chi connectivity index (χ1n) is 5.84. The molecule has 19 heavy (non-hydrogen) atoms. The molecule has 0 saturated heterocycles. The number of nitrogens with zero attached hydrogens (tertiary/aromatic N) is 1. The summed E-state index contributed by atoms with van der Waals surface area (Å²) in [7, 11) is 0. The smallest absolute Gasteiger partial charge is 0.309 e. The molecule has 0 aliphatic rings. The Morgan fingerprint density at radius 3 is 2.53 bits per heavy atom. The first-order valence-corrected chi connectivity index (χ1v) is 6.22. The first kappa shape index (κ1) is 15.4. The third-order valence-corrected chi connectivity index (χ3v) is 3.79. The van der Waals surface area contributed by atoms with E-state index in [4.69, 9.17) is 11.6 Å². The number of hydrogen-bond donors (Lipinski definition) is 1. The highest BCUT2D eigenvalue weighted by atomic mass is 35.5. The summed E-state index contributed by atoms with van der Waals surface area (Å²) in [6.45, 7) is 5.15. The first-order chi connectivity index (χ1) is 8.68. The Bertz CT molecular complexity index is 515. The molecule has 0 heterocycles. The van der Waals surface area contributed by atoms with Crippen LogP contribution in [-0.2, 0) is 11.2 Å². The molecular formula is C13H16ClNO4. The van der Waals surface area contributed by atoms with E-state index >= 15 is 0 Å². The lowest BCUT2D eigenvalue weighted by molar-refractivity contribution is -0.385. The highest BCUT2D eigenvalue weighted by Crippen LogP contribution is 2.35. The highest BCUT2D eigenvalue weighted by Gasteiger charge is 2.38. The second kappa shape index (κ2) is 5.57. The van der Waals surface area contributed by atoms with Gasteiger partial charge in [0.2, 0.25) is 0 Å². The van der Waals surface area contributed by atoms with Crippen molar-refractivity contribution in [3.8, 4) is 0 Å². The lowest BCUT2D eigenvalue weighted by Crippen LogP contribution is -2.35. The Labute approximate surface area is 116 Å². The zero-order chi connectivity index (χ0) is 14.8. The second-order valence-corrected chi connectivity index (χ2v) is 5.52. The molecule has 5 nitrogen and oxygen atoms in total. The van der Waals surface area contributed by atoms with Gasteiger partial charge in [0.15, 0.2) is 0 Å². The predicted octanol–water partition coefficient (Wildman–Crippen LogP) is 3.54. The largest absolute Gasteiger partial charge is 0.481 e. The van der Waals surface area contributed by atoms with Crippen LogP contribution in [0.15, 0.2) is 18.2 Å². The van der Waals surface area contributed by atoms with E-state index in [-0.39, 0.29) is 18.0 Å². The monoisotopic (exact) mass is 285 g/mol. The average Bonchev–Trinajstić information content (AvgIpc) is 2.27. The van der Waals surface area contributed by atoms with Gasteiger partial charge in [0.05, 0.1) is 10.3 Å². The zero-order valence-electron chi connectivity index (χ0n) is 11.0. The van der Waals surface area contributed by atoms with E-state index in [0.717, 1.165) is 0 Å². The topological polar surface area (TPSA) is 80.4 Å². The van der Waals surface area contributed by atoms with Gasteiger partial charge in [-0.05, 0) is 31.4 Å².